The Morgan fingerprint density at radius 2 is 1.65 bits per heavy atom. The van der Waals surface area contributed by atoms with Crippen LogP contribution in [0.5, 0.6) is 5.75 Å². The molecule has 0 bridgehead atoms. The SMILES string of the molecule is Cc1c(NC(=O)c2ccccc2OCC(=O)Nc2ccccc2F)cccc1[N+](=O)[O-]. The highest BCUT2D eigenvalue weighted by Gasteiger charge is 2.18. The molecule has 31 heavy (non-hydrogen) atoms. The van der Waals surface area contributed by atoms with E-state index in [1.807, 2.05) is 0 Å². The highest BCUT2D eigenvalue weighted by molar-refractivity contribution is 6.06. The van der Waals surface area contributed by atoms with Gasteiger partial charge in [0.05, 0.1) is 27.4 Å². The van der Waals surface area contributed by atoms with E-state index in [1.165, 1.54) is 49.4 Å². The predicted molar refractivity (Wildman–Crippen MR) is 113 cm³/mol. The van der Waals surface area contributed by atoms with Crippen molar-refractivity contribution in [3.63, 3.8) is 0 Å². The van der Waals surface area contributed by atoms with Crippen molar-refractivity contribution in [3.05, 3.63) is 93.8 Å². The van der Waals surface area contributed by atoms with Crippen LogP contribution in [0.1, 0.15) is 15.9 Å². The topological polar surface area (TPSA) is 111 Å². The highest BCUT2D eigenvalue weighted by Crippen LogP contribution is 2.27. The number of ether oxygens (including phenoxy) is 1. The van der Waals surface area contributed by atoms with Crippen molar-refractivity contribution >= 4 is 28.9 Å². The molecule has 0 spiro atoms. The molecule has 0 unspecified atom stereocenters. The van der Waals surface area contributed by atoms with Gasteiger partial charge in [-0.05, 0) is 37.3 Å². The number of halogens is 1. The van der Waals surface area contributed by atoms with Crippen LogP contribution in [0.15, 0.2) is 66.7 Å². The Labute approximate surface area is 176 Å². The molecule has 0 aliphatic heterocycles. The van der Waals surface area contributed by atoms with Crippen LogP contribution in [-0.4, -0.2) is 23.3 Å². The maximum Gasteiger partial charge on any atom is 0.274 e. The Morgan fingerprint density at radius 1 is 0.968 bits per heavy atom. The summed E-state index contributed by atoms with van der Waals surface area (Å²) in [4.78, 5) is 35.4. The van der Waals surface area contributed by atoms with Crippen molar-refractivity contribution in [3.8, 4) is 5.75 Å². The van der Waals surface area contributed by atoms with Crippen LogP contribution in [0.25, 0.3) is 0 Å². The fourth-order valence-corrected chi connectivity index (χ4v) is 2.82. The summed E-state index contributed by atoms with van der Waals surface area (Å²) in [6, 6.07) is 16.3. The third kappa shape index (κ3) is 5.21. The minimum Gasteiger partial charge on any atom is -0.483 e. The molecular formula is C22H18FN3O5. The third-order valence-electron chi connectivity index (χ3n) is 4.39. The van der Waals surface area contributed by atoms with Crippen LogP contribution in [0.4, 0.5) is 21.5 Å². The number of hydrogen-bond donors (Lipinski definition) is 2. The first-order valence-corrected chi connectivity index (χ1v) is 9.18. The Morgan fingerprint density at radius 3 is 2.39 bits per heavy atom. The molecule has 0 radical (unpaired) electrons. The van der Waals surface area contributed by atoms with Gasteiger partial charge in [0.25, 0.3) is 17.5 Å². The summed E-state index contributed by atoms with van der Waals surface area (Å²) in [6.07, 6.45) is 0. The number of amides is 2. The lowest BCUT2D eigenvalue weighted by Crippen LogP contribution is -2.22. The van der Waals surface area contributed by atoms with E-state index < -0.39 is 29.2 Å². The number of rotatable bonds is 7. The fraction of sp³-hybridized carbons (Fsp3) is 0.0909. The number of carbonyl (C=O) groups excluding carboxylic acids is 2. The molecule has 158 valence electrons. The van der Waals surface area contributed by atoms with Gasteiger partial charge in [-0.25, -0.2) is 4.39 Å². The van der Waals surface area contributed by atoms with Crippen molar-refractivity contribution in [1.29, 1.82) is 0 Å². The first-order chi connectivity index (χ1) is 14.9. The Hall–Kier alpha value is -4.27. The molecule has 3 aromatic carbocycles. The molecule has 0 aliphatic carbocycles. The summed E-state index contributed by atoms with van der Waals surface area (Å²) in [7, 11) is 0. The minimum absolute atomic E-state index is 0.0169. The van der Waals surface area contributed by atoms with Gasteiger partial charge >= 0.3 is 0 Å². The van der Waals surface area contributed by atoms with Crippen molar-refractivity contribution < 1.29 is 23.6 Å². The van der Waals surface area contributed by atoms with Crippen LogP contribution in [0, 0.1) is 22.9 Å². The van der Waals surface area contributed by atoms with Crippen LogP contribution in [-0.2, 0) is 4.79 Å². The molecule has 2 amide bonds. The van der Waals surface area contributed by atoms with Gasteiger partial charge < -0.3 is 15.4 Å². The molecular weight excluding hydrogens is 405 g/mol. The predicted octanol–water partition coefficient (Wildman–Crippen LogP) is 4.31. The Kier molecular flexibility index (Phi) is 6.56. The summed E-state index contributed by atoms with van der Waals surface area (Å²) in [6.45, 7) is 1.08. The number of nitrogens with one attached hydrogen (secondary N) is 2. The number of anilines is 2. The number of nitro groups is 1. The van der Waals surface area contributed by atoms with Gasteiger partial charge in [0.1, 0.15) is 11.6 Å². The van der Waals surface area contributed by atoms with Gasteiger partial charge in [-0.2, -0.15) is 0 Å². The van der Waals surface area contributed by atoms with Crippen molar-refractivity contribution in [1.82, 2.24) is 0 Å². The van der Waals surface area contributed by atoms with Crippen molar-refractivity contribution in [2.24, 2.45) is 0 Å². The fourth-order valence-electron chi connectivity index (χ4n) is 2.82. The summed E-state index contributed by atoms with van der Waals surface area (Å²) in [5, 5.41) is 16.1. The lowest BCUT2D eigenvalue weighted by atomic mass is 10.1. The highest BCUT2D eigenvalue weighted by atomic mass is 19.1. The van der Waals surface area contributed by atoms with Crippen LogP contribution >= 0.6 is 0 Å². The van der Waals surface area contributed by atoms with Gasteiger partial charge in [-0.1, -0.05) is 30.3 Å². The maximum absolute atomic E-state index is 13.7. The smallest absolute Gasteiger partial charge is 0.274 e. The van der Waals surface area contributed by atoms with E-state index in [0.717, 1.165) is 0 Å². The van der Waals surface area contributed by atoms with E-state index in [-0.39, 0.29) is 28.4 Å². The monoisotopic (exact) mass is 423 g/mol. The van der Waals surface area contributed by atoms with Gasteiger partial charge in [0, 0.05) is 6.07 Å². The van der Waals surface area contributed by atoms with E-state index in [4.69, 9.17) is 4.74 Å². The maximum atomic E-state index is 13.7. The Bertz CT molecular complexity index is 1150. The summed E-state index contributed by atoms with van der Waals surface area (Å²) in [5.74, 6) is -1.61. The lowest BCUT2D eigenvalue weighted by Gasteiger charge is -2.13. The summed E-state index contributed by atoms with van der Waals surface area (Å²) in [5.41, 5.74) is 0.623. The van der Waals surface area contributed by atoms with Crippen LogP contribution in [0.2, 0.25) is 0 Å². The van der Waals surface area contributed by atoms with E-state index >= 15 is 0 Å². The van der Waals surface area contributed by atoms with Gasteiger partial charge in [0.15, 0.2) is 6.61 Å². The molecule has 0 aromatic heterocycles. The zero-order valence-electron chi connectivity index (χ0n) is 16.4. The van der Waals surface area contributed by atoms with E-state index in [2.05, 4.69) is 10.6 Å². The number of nitrogens with zero attached hydrogens (tertiary/aromatic N) is 1. The summed E-state index contributed by atoms with van der Waals surface area (Å²) >= 11 is 0. The second kappa shape index (κ2) is 9.49. The van der Waals surface area contributed by atoms with Gasteiger partial charge in [-0.15, -0.1) is 0 Å². The molecule has 0 heterocycles. The standard InChI is InChI=1S/C22H18FN3O5/c1-14-17(10-6-11-19(14)26(29)30)25-22(28)15-7-2-5-12-20(15)31-13-21(27)24-18-9-4-3-8-16(18)23/h2-12H,13H2,1H3,(H,24,27)(H,25,28). The molecule has 2 N–H and O–H groups in total. The average Bonchev–Trinajstić information content (AvgIpc) is 2.75. The first-order valence-electron chi connectivity index (χ1n) is 9.18. The molecule has 8 nitrogen and oxygen atoms in total. The van der Waals surface area contributed by atoms with Crippen molar-refractivity contribution in [2.75, 3.05) is 17.2 Å². The average molecular weight is 423 g/mol. The molecule has 0 atom stereocenters. The zero-order chi connectivity index (χ0) is 22.4. The molecule has 9 heteroatoms. The molecule has 3 aromatic rings. The van der Waals surface area contributed by atoms with Crippen LogP contribution < -0.4 is 15.4 Å². The lowest BCUT2D eigenvalue weighted by molar-refractivity contribution is -0.385. The number of nitro benzene ring substituents is 1. The largest absolute Gasteiger partial charge is 0.483 e. The van der Waals surface area contributed by atoms with E-state index in [9.17, 15) is 24.1 Å². The molecule has 0 fully saturated rings. The normalized spacial score (nSPS) is 10.3. The van der Waals surface area contributed by atoms with Gasteiger partial charge in [-0.3, -0.25) is 19.7 Å². The molecule has 0 saturated heterocycles. The van der Waals surface area contributed by atoms with Gasteiger partial charge in [0.2, 0.25) is 0 Å². The first kappa shape index (κ1) is 21.4. The van der Waals surface area contributed by atoms with Crippen LogP contribution in [0.3, 0.4) is 0 Å². The second-order valence-electron chi connectivity index (χ2n) is 6.47. The third-order valence-corrected chi connectivity index (χ3v) is 4.39. The molecule has 0 saturated carbocycles. The number of carbonyl (C=O) groups is 2. The quantitative estimate of drug-likeness (QED) is 0.435. The number of benzene rings is 3. The van der Waals surface area contributed by atoms with Crippen molar-refractivity contribution in [2.45, 2.75) is 6.92 Å². The Balaban J connectivity index is 1.71. The second-order valence-corrected chi connectivity index (χ2v) is 6.47. The zero-order valence-corrected chi connectivity index (χ0v) is 16.4. The molecule has 3 rings (SSSR count). The number of para-hydroxylation sites is 2. The molecule has 0 aliphatic rings. The number of hydrogen-bond acceptors (Lipinski definition) is 5. The summed E-state index contributed by atoms with van der Waals surface area (Å²) < 4.78 is 19.1. The minimum atomic E-state index is -0.602. The van der Waals surface area contributed by atoms with E-state index in [0.29, 0.717) is 5.56 Å². The van der Waals surface area contributed by atoms with E-state index in [1.54, 1.807) is 24.3 Å².